The smallest absolute Gasteiger partial charge is 0.282 e. The number of rotatable bonds is 12. The molecule has 0 aliphatic carbocycles. The molecular formula is C22H32KO3S. The molecule has 0 fully saturated rings. The molecule has 0 bridgehead atoms. The molecule has 27 heavy (non-hydrogen) atoms. The van der Waals surface area contributed by atoms with Crippen LogP contribution in [0.5, 0.6) is 0 Å². The third-order valence-electron chi connectivity index (χ3n) is 5.02. The van der Waals surface area contributed by atoms with E-state index in [-0.39, 0.29) is 56.3 Å². The number of aryl methyl sites for hydroxylation is 1. The number of unbranched alkanes of at least 4 members (excludes halogenated alkanes) is 9. The summed E-state index contributed by atoms with van der Waals surface area (Å²) in [6.45, 7) is 2.24. The van der Waals surface area contributed by atoms with E-state index in [0.29, 0.717) is 11.8 Å². The quantitative estimate of drug-likeness (QED) is 0.256. The Bertz CT molecular complexity index is 787. The van der Waals surface area contributed by atoms with E-state index in [9.17, 15) is 13.0 Å². The summed E-state index contributed by atoms with van der Waals surface area (Å²) in [5, 5.41) is 1.45. The predicted molar refractivity (Wildman–Crippen MR) is 115 cm³/mol. The summed E-state index contributed by atoms with van der Waals surface area (Å²) in [6, 6.07) is 11.1. The molecule has 0 atom stereocenters. The van der Waals surface area contributed by atoms with Gasteiger partial charge in [-0.2, -0.15) is 8.42 Å². The van der Waals surface area contributed by atoms with E-state index >= 15 is 0 Å². The largest absolute Gasteiger partial charge is 0.295 e. The Hall–Kier alpha value is 0.246. The van der Waals surface area contributed by atoms with Gasteiger partial charge in [0.2, 0.25) is 0 Å². The maximum absolute atomic E-state index is 11.9. The molecule has 0 saturated carbocycles. The first kappa shape index (κ1) is 25.3. The van der Waals surface area contributed by atoms with Gasteiger partial charge in [-0.1, -0.05) is 101 Å². The van der Waals surface area contributed by atoms with Crippen LogP contribution in [0.4, 0.5) is 0 Å². The Labute approximate surface area is 207 Å². The minimum absolute atomic E-state index is 0. The van der Waals surface area contributed by atoms with E-state index in [2.05, 4.69) is 6.92 Å². The second-order valence-electron chi connectivity index (χ2n) is 7.18. The summed E-state index contributed by atoms with van der Waals surface area (Å²) in [7, 11) is -4.22. The molecule has 2 aromatic carbocycles. The van der Waals surface area contributed by atoms with Crippen molar-refractivity contribution in [1.29, 1.82) is 0 Å². The molecule has 0 unspecified atom stereocenters. The normalized spacial score (nSPS) is 11.5. The van der Waals surface area contributed by atoms with Crippen LogP contribution in [0.25, 0.3) is 10.8 Å². The summed E-state index contributed by atoms with van der Waals surface area (Å²) in [6.07, 6.45) is 13.2. The monoisotopic (exact) mass is 415 g/mol. The standard InChI is InChI=1S/C22H32O3S.K/c1-2-3-4-5-6-7-8-9-10-11-15-20-18-17-19-14-12-13-16-21(19)22(20)26(23,24)25;/h12-14,16-18H,2-11,15H2,1H3,(H,23,24,25);. The van der Waals surface area contributed by atoms with Crippen LogP contribution in [0.2, 0.25) is 0 Å². The zero-order valence-corrected chi connectivity index (χ0v) is 20.9. The number of hydrogen-bond donors (Lipinski definition) is 1. The van der Waals surface area contributed by atoms with E-state index in [1.54, 1.807) is 12.1 Å². The van der Waals surface area contributed by atoms with Crippen molar-refractivity contribution in [3.8, 4) is 0 Å². The minimum Gasteiger partial charge on any atom is -0.282 e. The number of fused-ring (bicyclic) bond motifs is 1. The average molecular weight is 416 g/mol. The molecule has 0 aliphatic heterocycles. The Morgan fingerprint density at radius 1 is 0.778 bits per heavy atom. The van der Waals surface area contributed by atoms with Gasteiger partial charge in [0.15, 0.2) is 0 Å². The fourth-order valence-electron chi connectivity index (χ4n) is 3.59. The number of hydrogen-bond acceptors (Lipinski definition) is 2. The van der Waals surface area contributed by atoms with E-state index in [1.807, 2.05) is 24.3 Å². The SMILES string of the molecule is CCCCCCCCCCCCc1ccc2ccccc2c1S(=O)(=O)O.[K]. The maximum Gasteiger partial charge on any atom is 0.295 e. The fourth-order valence-corrected chi connectivity index (χ4v) is 4.56. The molecule has 0 amide bonds. The molecule has 0 spiro atoms. The molecule has 0 aliphatic rings. The van der Waals surface area contributed by atoms with Gasteiger partial charge in [-0.05, 0) is 23.8 Å². The molecule has 1 radical (unpaired) electrons. The van der Waals surface area contributed by atoms with Crippen molar-refractivity contribution >= 4 is 72.3 Å². The molecule has 5 heteroatoms. The fraction of sp³-hybridized carbons (Fsp3) is 0.545. The van der Waals surface area contributed by atoms with Crippen LogP contribution in [-0.4, -0.2) is 64.4 Å². The van der Waals surface area contributed by atoms with Crippen LogP contribution in [-0.2, 0) is 16.5 Å². The topological polar surface area (TPSA) is 54.4 Å². The zero-order valence-electron chi connectivity index (χ0n) is 16.9. The van der Waals surface area contributed by atoms with Crippen LogP contribution < -0.4 is 0 Å². The van der Waals surface area contributed by atoms with E-state index in [1.165, 1.54) is 51.4 Å². The molecule has 145 valence electrons. The summed E-state index contributed by atoms with van der Waals surface area (Å²) in [4.78, 5) is 0.0894. The van der Waals surface area contributed by atoms with Crippen molar-refractivity contribution in [2.75, 3.05) is 0 Å². The summed E-state index contributed by atoms with van der Waals surface area (Å²) in [5.41, 5.74) is 0.728. The van der Waals surface area contributed by atoms with E-state index in [4.69, 9.17) is 0 Å². The zero-order chi connectivity index (χ0) is 18.8. The van der Waals surface area contributed by atoms with Crippen LogP contribution in [0, 0.1) is 0 Å². The first-order valence-corrected chi connectivity index (χ1v) is 11.5. The van der Waals surface area contributed by atoms with Crippen molar-refractivity contribution in [1.82, 2.24) is 0 Å². The van der Waals surface area contributed by atoms with Gasteiger partial charge in [-0.25, -0.2) is 0 Å². The third-order valence-corrected chi connectivity index (χ3v) is 6.02. The molecule has 2 aromatic rings. The summed E-state index contributed by atoms with van der Waals surface area (Å²) >= 11 is 0. The molecule has 0 aromatic heterocycles. The Morgan fingerprint density at radius 2 is 1.33 bits per heavy atom. The van der Waals surface area contributed by atoms with Crippen LogP contribution in [0.3, 0.4) is 0 Å². The first-order chi connectivity index (χ1) is 12.5. The molecule has 2 rings (SSSR count). The van der Waals surface area contributed by atoms with Crippen molar-refractivity contribution in [2.24, 2.45) is 0 Å². The maximum atomic E-state index is 11.9. The average Bonchev–Trinajstić information content (AvgIpc) is 2.62. The van der Waals surface area contributed by atoms with Crippen molar-refractivity contribution in [2.45, 2.75) is 82.4 Å². The summed E-state index contributed by atoms with van der Waals surface area (Å²) in [5.74, 6) is 0. The second-order valence-corrected chi connectivity index (χ2v) is 8.54. The van der Waals surface area contributed by atoms with Crippen LogP contribution in [0.15, 0.2) is 41.3 Å². The van der Waals surface area contributed by atoms with E-state index in [0.717, 1.165) is 23.8 Å². The number of benzene rings is 2. The van der Waals surface area contributed by atoms with Gasteiger partial charge in [-0.3, -0.25) is 4.55 Å². The van der Waals surface area contributed by atoms with Gasteiger partial charge in [-0.15, -0.1) is 0 Å². The Balaban J connectivity index is 0.00000364. The van der Waals surface area contributed by atoms with Gasteiger partial charge in [0, 0.05) is 56.8 Å². The van der Waals surface area contributed by atoms with Crippen LogP contribution >= 0.6 is 0 Å². The minimum atomic E-state index is -4.22. The van der Waals surface area contributed by atoms with Crippen molar-refractivity contribution in [3.05, 3.63) is 42.0 Å². The van der Waals surface area contributed by atoms with Gasteiger partial charge in [0.1, 0.15) is 4.90 Å². The van der Waals surface area contributed by atoms with Gasteiger partial charge in [0.05, 0.1) is 0 Å². The Kier molecular flexibility index (Phi) is 12.6. The molecule has 3 nitrogen and oxygen atoms in total. The summed E-state index contributed by atoms with van der Waals surface area (Å²) < 4.78 is 33.5. The van der Waals surface area contributed by atoms with Gasteiger partial charge in [0.25, 0.3) is 10.1 Å². The molecule has 0 saturated heterocycles. The van der Waals surface area contributed by atoms with Crippen molar-refractivity contribution < 1.29 is 13.0 Å². The molecule has 1 N–H and O–H groups in total. The Morgan fingerprint density at radius 3 is 1.93 bits per heavy atom. The van der Waals surface area contributed by atoms with Crippen LogP contribution in [0.1, 0.15) is 76.7 Å². The first-order valence-electron chi connectivity index (χ1n) is 10.0. The van der Waals surface area contributed by atoms with Gasteiger partial charge < -0.3 is 0 Å². The van der Waals surface area contributed by atoms with Crippen molar-refractivity contribution in [3.63, 3.8) is 0 Å². The van der Waals surface area contributed by atoms with Gasteiger partial charge >= 0.3 is 0 Å². The third kappa shape index (κ3) is 8.65. The second kappa shape index (κ2) is 13.5. The molecular weight excluding hydrogens is 383 g/mol. The van der Waals surface area contributed by atoms with E-state index < -0.39 is 10.1 Å². The molecule has 0 heterocycles. The predicted octanol–water partition coefficient (Wildman–Crippen LogP) is 6.17.